The molecule has 2 rings (SSSR count). The molecule has 0 radical (unpaired) electrons. The van der Waals surface area contributed by atoms with Crippen LogP contribution in [-0.4, -0.2) is 22.1 Å². The molecule has 1 atom stereocenters. The van der Waals surface area contributed by atoms with Crippen LogP contribution in [0.15, 0.2) is 30.5 Å². The predicted octanol–water partition coefficient (Wildman–Crippen LogP) is 1.74. The zero-order valence-corrected chi connectivity index (χ0v) is 10.7. The van der Waals surface area contributed by atoms with Gasteiger partial charge in [0.2, 0.25) is 0 Å². The van der Waals surface area contributed by atoms with Crippen LogP contribution in [-0.2, 0) is 6.54 Å². The number of aromatic nitrogens is 3. The number of aryl methyl sites for hydroxylation is 1. The second-order valence-corrected chi connectivity index (χ2v) is 4.13. The van der Waals surface area contributed by atoms with Gasteiger partial charge in [-0.2, -0.15) is 0 Å². The van der Waals surface area contributed by atoms with Crippen LogP contribution in [0.2, 0.25) is 0 Å². The van der Waals surface area contributed by atoms with Crippen LogP contribution in [0.5, 0.6) is 5.75 Å². The maximum absolute atomic E-state index is 6.24. The van der Waals surface area contributed by atoms with Crippen molar-refractivity contribution in [3.05, 3.63) is 41.7 Å². The van der Waals surface area contributed by atoms with Gasteiger partial charge in [0, 0.05) is 6.54 Å². The Labute approximate surface area is 107 Å². The van der Waals surface area contributed by atoms with Crippen LogP contribution < -0.4 is 10.5 Å². The minimum absolute atomic E-state index is 0.211. The van der Waals surface area contributed by atoms with Gasteiger partial charge in [-0.1, -0.05) is 24.3 Å². The van der Waals surface area contributed by atoms with Gasteiger partial charge in [-0.25, -0.2) is 4.68 Å². The van der Waals surface area contributed by atoms with Crippen molar-refractivity contribution in [2.75, 3.05) is 7.11 Å². The Kier molecular flexibility index (Phi) is 3.94. The lowest BCUT2D eigenvalue weighted by Crippen LogP contribution is -2.17. The fourth-order valence-electron chi connectivity index (χ4n) is 1.87. The van der Waals surface area contributed by atoms with Crippen LogP contribution in [0, 0.1) is 0 Å². The first kappa shape index (κ1) is 12.6. The van der Waals surface area contributed by atoms with Crippen LogP contribution in [0.25, 0.3) is 0 Å². The number of nitrogens with two attached hydrogens (primary N) is 1. The Hall–Kier alpha value is -1.88. The molecule has 2 aromatic rings. The maximum Gasteiger partial charge on any atom is 0.118 e. The monoisotopic (exact) mass is 246 g/mol. The highest BCUT2D eigenvalue weighted by Gasteiger charge is 2.14. The summed E-state index contributed by atoms with van der Waals surface area (Å²) in [5.41, 5.74) is 8.20. The highest BCUT2D eigenvalue weighted by atomic mass is 16.5. The van der Waals surface area contributed by atoms with E-state index in [9.17, 15) is 0 Å². The first-order chi connectivity index (χ1) is 8.76. The third-order valence-corrected chi connectivity index (χ3v) is 2.88. The molecule has 0 spiro atoms. The second-order valence-electron chi connectivity index (χ2n) is 4.13. The summed E-state index contributed by atoms with van der Waals surface area (Å²) >= 11 is 0. The highest BCUT2D eigenvalue weighted by molar-refractivity contribution is 5.32. The van der Waals surface area contributed by atoms with Crippen molar-refractivity contribution in [2.24, 2.45) is 5.73 Å². The third-order valence-electron chi connectivity index (χ3n) is 2.88. The Balaban J connectivity index is 2.23. The van der Waals surface area contributed by atoms with Crippen LogP contribution in [0.4, 0.5) is 0 Å². The van der Waals surface area contributed by atoms with Gasteiger partial charge in [0.25, 0.3) is 0 Å². The summed E-state index contributed by atoms with van der Waals surface area (Å²) in [5, 5.41) is 7.98. The van der Waals surface area contributed by atoms with E-state index in [1.54, 1.807) is 13.3 Å². The molecule has 1 aromatic carbocycles. The van der Waals surface area contributed by atoms with E-state index < -0.39 is 0 Å². The van der Waals surface area contributed by atoms with Crippen molar-refractivity contribution in [3.63, 3.8) is 0 Å². The summed E-state index contributed by atoms with van der Waals surface area (Å²) in [4.78, 5) is 0. The lowest BCUT2D eigenvalue weighted by Gasteiger charge is -2.13. The summed E-state index contributed by atoms with van der Waals surface area (Å²) in [7, 11) is 1.65. The van der Waals surface area contributed by atoms with E-state index in [4.69, 9.17) is 10.5 Å². The molecule has 96 valence electrons. The van der Waals surface area contributed by atoms with Crippen molar-refractivity contribution in [3.8, 4) is 5.75 Å². The highest BCUT2D eigenvalue weighted by Crippen LogP contribution is 2.21. The number of benzene rings is 1. The molecule has 18 heavy (non-hydrogen) atoms. The summed E-state index contributed by atoms with van der Waals surface area (Å²) in [6.07, 6.45) is 2.73. The Morgan fingerprint density at radius 1 is 1.33 bits per heavy atom. The molecule has 0 aliphatic carbocycles. The lowest BCUT2D eigenvalue weighted by molar-refractivity contribution is 0.414. The van der Waals surface area contributed by atoms with Crippen molar-refractivity contribution in [2.45, 2.75) is 25.9 Å². The molecule has 5 heteroatoms. The fraction of sp³-hybridized carbons (Fsp3) is 0.385. The third kappa shape index (κ3) is 2.51. The van der Waals surface area contributed by atoms with Gasteiger partial charge >= 0.3 is 0 Å². The lowest BCUT2D eigenvalue weighted by atomic mass is 10.1. The number of hydrogen-bond donors (Lipinski definition) is 1. The number of nitrogens with zero attached hydrogens (tertiary/aromatic N) is 3. The largest absolute Gasteiger partial charge is 0.497 e. The molecule has 1 unspecified atom stereocenters. The SMILES string of the molecule is CCCn1nncc1C(N)c1ccc(OC)cc1. The van der Waals surface area contributed by atoms with Crippen LogP contribution in [0.3, 0.4) is 0 Å². The minimum atomic E-state index is -0.211. The van der Waals surface area contributed by atoms with Crippen molar-refractivity contribution in [1.82, 2.24) is 15.0 Å². The van der Waals surface area contributed by atoms with Gasteiger partial charge in [-0.3, -0.25) is 0 Å². The molecule has 0 bridgehead atoms. The number of ether oxygens (including phenoxy) is 1. The Morgan fingerprint density at radius 3 is 2.67 bits per heavy atom. The first-order valence-electron chi connectivity index (χ1n) is 6.04. The van der Waals surface area contributed by atoms with Gasteiger partial charge in [-0.15, -0.1) is 5.10 Å². The van der Waals surface area contributed by atoms with E-state index in [0.717, 1.165) is 30.0 Å². The van der Waals surface area contributed by atoms with E-state index in [1.165, 1.54) is 0 Å². The molecule has 0 fully saturated rings. The van der Waals surface area contributed by atoms with Crippen molar-refractivity contribution < 1.29 is 4.74 Å². The van der Waals surface area contributed by atoms with E-state index >= 15 is 0 Å². The number of rotatable bonds is 5. The fourth-order valence-corrected chi connectivity index (χ4v) is 1.87. The van der Waals surface area contributed by atoms with Crippen LogP contribution >= 0.6 is 0 Å². The molecular weight excluding hydrogens is 228 g/mol. The smallest absolute Gasteiger partial charge is 0.118 e. The van der Waals surface area contributed by atoms with Gasteiger partial charge in [0.15, 0.2) is 0 Å². The summed E-state index contributed by atoms with van der Waals surface area (Å²) < 4.78 is 6.99. The minimum Gasteiger partial charge on any atom is -0.497 e. The number of methoxy groups -OCH3 is 1. The standard InChI is InChI=1S/C13H18N4O/c1-3-8-17-12(9-15-16-17)13(14)10-4-6-11(18-2)7-5-10/h4-7,9,13H,3,8,14H2,1-2H3. The Morgan fingerprint density at radius 2 is 2.06 bits per heavy atom. The molecule has 0 amide bonds. The average Bonchev–Trinajstić information content (AvgIpc) is 2.87. The summed E-state index contributed by atoms with van der Waals surface area (Å²) in [6, 6.07) is 7.53. The number of hydrogen-bond acceptors (Lipinski definition) is 4. The van der Waals surface area contributed by atoms with Gasteiger partial charge in [0.1, 0.15) is 5.75 Å². The van der Waals surface area contributed by atoms with Gasteiger partial charge in [0.05, 0.1) is 25.0 Å². The van der Waals surface area contributed by atoms with Gasteiger partial charge in [-0.05, 0) is 24.1 Å². The molecule has 1 heterocycles. The van der Waals surface area contributed by atoms with E-state index in [-0.39, 0.29) is 6.04 Å². The summed E-state index contributed by atoms with van der Waals surface area (Å²) in [5.74, 6) is 0.825. The molecule has 5 nitrogen and oxygen atoms in total. The molecular formula is C13H18N4O. The zero-order valence-electron chi connectivity index (χ0n) is 10.7. The Bertz CT molecular complexity index is 492. The molecule has 0 saturated heterocycles. The topological polar surface area (TPSA) is 66.0 Å². The van der Waals surface area contributed by atoms with Crippen molar-refractivity contribution in [1.29, 1.82) is 0 Å². The molecule has 0 aliphatic heterocycles. The second kappa shape index (κ2) is 5.64. The quantitative estimate of drug-likeness (QED) is 0.872. The van der Waals surface area contributed by atoms with Gasteiger partial charge < -0.3 is 10.5 Å². The maximum atomic E-state index is 6.24. The normalized spacial score (nSPS) is 12.4. The van der Waals surface area contributed by atoms with E-state index in [0.29, 0.717) is 0 Å². The van der Waals surface area contributed by atoms with E-state index in [1.807, 2.05) is 28.9 Å². The predicted molar refractivity (Wildman–Crippen MR) is 69.3 cm³/mol. The van der Waals surface area contributed by atoms with E-state index in [2.05, 4.69) is 17.2 Å². The average molecular weight is 246 g/mol. The molecule has 1 aromatic heterocycles. The zero-order chi connectivity index (χ0) is 13.0. The van der Waals surface area contributed by atoms with Crippen LogP contribution in [0.1, 0.15) is 30.6 Å². The summed E-state index contributed by atoms with van der Waals surface area (Å²) in [6.45, 7) is 2.93. The first-order valence-corrected chi connectivity index (χ1v) is 6.04. The molecule has 2 N–H and O–H groups in total. The molecule has 0 saturated carbocycles. The molecule has 0 aliphatic rings. The van der Waals surface area contributed by atoms with Crippen molar-refractivity contribution >= 4 is 0 Å².